The maximum Gasteiger partial charge on any atom is 0.418 e. The van der Waals surface area contributed by atoms with Gasteiger partial charge in [-0.2, -0.15) is 13.2 Å². The molecule has 39 heavy (non-hydrogen) atoms. The maximum atomic E-state index is 13.4. The number of ether oxygens (including phenoxy) is 1. The first-order valence-corrected chi connectivity index (χ1v) is 12.2. The molecule has 4 N–H and O–H groups in total. The van der Waals surface area contributed by atoms with E-state index in [0.717, 1.165) is 6.07 Å². The molecule has 0 radical (unpaired) electrons. The lowest BCUT2D eigenvalue weighted by Gasteiger charge is -2.21. The van der Waals surface area contributed by atoms with Gasteiger partial charge in [-0.1, -0.05) is 23.2 Å². The fourth-order valence-corrected chi connectivity index (χ4v) is 4.18. The first-order chi connectivity index (χ1) is 18.5. The molecule has 1 fully saturated rings. The van der Waals surface area contributed by atoms with Gasteiger partial charge in [-0.3, -0.25) is 19.6 Å². The van der Waals surface area contributed by atoms with Crippen molar-refractivity contribution in [1.29, 1.82) is 0 Å². The number of anilines is 3. The molecule has 204 valence electrons. The summed E-state index contributed by atoms with van der Waals surface area (Å²) in [4.78, 5) is 37.5. The van der Waals surface area contributed by atoms with Gasteiger partial charge in [0.1, 0.15) is 5.41 Å². The predicted octanol–water partition coefficient (Wildman–Crippen LogP) is 5.06. The third-order valence-corrected chi connectivity index (χ3v) is 6.40. The number of nitrogens with one attached hydrogen (secondary N) is 2. The SMILES string of the molecule is Nc1cncc(C(=O)N=C[C@@]2(C(=O)NCc3ncc(Nc4ccc(Cl)cc4C(F)(F)F)cc3Cl)CCOC2)c1. The first kappa shape index (κ1) is 28.3. The number of alkyl halides is 3. The van der Waals surface area contributed by atoms with E-state index in [1.54, 1.807) is 0 Å². The number of carbonyl (C=O) groups excluding carboxylic acids is 2. The lowest BCUT2D eigenvalue weighted by atomic mass is 9.87. The van der Waals surface area contributed by atoms with E-state index in [4.69, 9.17) is 33.7 Å². The Morgan fingerprint density at radius 1 is 1.18 bits per heavy atom. The molecule has 1 aromatic carbocycles. The molecule has 1 atom stereocenters. The number of aliphatic imine (C=N–C) groups is 1. The van der Waals surface area contributed by atoms with Crippen LogP contribution in [0.2, 0.25) is 10.0 Å². The van der Waals surface area contributed by atoms with Crippen LogP contribution in [-0.4, -0.2) is 41.2 Å². The van der Waals surface area contributed by atoms with Crippen molar-refractivity contribution in [2.75, 3.05) is 24.3 Å². The van der Waals surface area contributed by atoms with Crippen molar-refractivity contribution in [3.63, 3.8) is 0 Å². The van der Waals surface area contributed by atoms with Crippen molar-refractivity contribution in [2.24, 2.45) is 10.4 Å². The van der Waals surface area contributed by atoms with Crippen LogP contribution in [-0.2, 0) is 22.3 Å². The van der Waals surface area contributed by atoms with E-state index in [2.05, 4.69) is 25.6 Å². The average Bonchev–Trinajstić information content (AvgIpc) is 3.37. The van der Waals surface area contributed by atoms with Gasteiger partial charge in [0, 0.05) is 30.2 Å². The van der Waals surface area contributed by atoms with E-state index in [0.29, 0.717) is 5.69 Å². The predicted molar refractivity (Wildman–Crippen MR) is 140 cm³/mol. The van der Waals surface area contributed by atoms with Gasteiger partial charge < -0.3 is 21.1 Å². The van der Waals surface area contributed by atoms with Crippen LogP contribution in [0.3, 0.4) is 0 Å². The second-order valence-electron chi connectivity index (χ2n) is 8.68. The van der Waals surface area contributed by atoms with Gasteiger partial charge in [-0.05, 0) is 36.8 Å². The van der Waals surface area contributed by atoms with Crippen LogP contribution in [0, 0.1) is 5.41 Å². The Labute approximate surface area is 230 Å². The van der Waals surface area contributed by atoms with Crippen molar-refractivity contribution < 1.29 is 27.5 Å². The smallest absolute Gasteiger partial charge is 0.397 e. The first-order valence-electron chi connectivity index (χ1n) is 11.4. The topological polar surface area (TPSA) is 132 Å². The third-order valence-electron chi connectivity index (χ3n) is 5.84. The molecule has 0 saturated carbocycles. The molecule has 0 unspecified atom stereocenters. The van der Waals surface area contributed by atoms with Crippen molar-refractivity contribution in [3.05, 3.63) is 75.8 Å². The molecule has 14 heteroatoms. The van der Waals surface area contributed by atoms with Crippen LogP contribution in [0.15, 0.2) is 53.9 Å². The van der Waals surface area contributed by atoms with Gasteiger partial charge in [-0.25, -0.2) is 4.99 Å². The zero-order valence-electron chi connectivity index (χ0n) is 20.1. The second-order valence-corrected chi connectivity index (χ2v) is 9.52. The average molecular weight is 581 g/mol. The summed E-state index contributed by atoms with van der Waals surface area (Å²) in [6.45, 7) is 0.213. The summed E-state index contributed by atoms with van der Waals surface area (Å²) in [5.74, 6) is -1.07. The molecule has 1 aliphatic rings. The highest BCUT2D eigenvalue weighted by Gasteiger charge is 2.41. The van der Waals surface area contributed by atoms with Gasteiger partial charge in [-0.15, -0.1) is 0 Å². The number of pyridine rings is 2. The molecule has 1 aliphatic heterocycles. The van der Waals surface area contributed by atoms with Crippen LogP contribution >= 0.6 is 23.2 Å². The summed E-state index contributed by atoms with van der Waals surface area (Å²) in [5.41, 5.74) is 4.23. The van der Waals surface area contributed by atoms with Crippen LogP contribution in [0.5, 0.6) is 0 Å². The van der Waals surface area contributed by atoms with Crippen LogP contribution in [0.25, 0.3) is 0 Å². The number of amides is 2. The number of nitrogens with two attached hydrogens (primary N) is 1. The minimum absolute atomic E-state index is 0.0114. The molecular formula is C25H21Cl2F3N6O3. The highest BCUT2D eigenvalue weighted by molar-refractivity contribution is 6.31. The van der Waals surface area contributed by atoms with Crippen molar-refractivity contribution >= 4 is 58.3 Å². The minimum atomic E-state index is -4.63. The number of carbonyl (C=O) groups is 2. The summed E-state index contributed by atoms with van der Waals surface area (Å²) < 4.78 is 45.6. The Kier molecular flexibility index (Phi) is 8.38. The number of hydrogen-bond acceptors (Lipinski definition) is 7. The molecule has 3 heterocycles. The molecule has 1 saturated heterocycles. The van der Waals surface area contributed by atoms with Gasteiger partial charge >= 0.3 is 6.18 Å². The zero-order valence-corrected chi connectivity index (χ0v) is 21.6. The Morgan fingerprint density at radius 2 is 1.97 bits per heavy atom. The molecule has 9 nitrogen and oxygen atoms in total. The Hall–Kier alpha value is -3.74. The van der Waals surface area contributed by atoms with E-state index in [-0.39, 0.29) is 58.9 Å². The van der Waals surface area contributed by atoms with E-state index < -0.39 is 29.0 Å². The summed E-state index contributed by atoms with van der Waals surface area (Å²) in [7, 11) is 0. The monoisotopic (exact) mass is 580 g/mol. The fraction of sp³-hybridized carbons (Fsp3) is 0.240. The third kappa shape index (κ3) is 6.83. The summed E-state index contributed by atoms with van der Waals surface area (Å²) >= 11 is 12.0. The van der Waals surface area contributed by atoms with Gasteiger partial charge in [0.15, 0.2) is 0 Å². The molecular weight excluding hydrogens is 560 g/mol. The standard InChI is InChI=1S/C25H21Cl2F3N6O3/c26-15-1-2-20(18(6-15)25(28,29)30)36-17-7-19(27)21(33-10-17)11-34-23(38)24(3-4-39-13-24)12-35-22(37)14-5-16(31)9-32-8-14/h1-2,5-10,12,36H,3-4,11,13,31H2,(H,34,38)/t24-/m0/s1. The number of hydrogen-bond donors (Lipinski definition) is 3. The van der Waals surface area contributed by atoms with Gasteiger partial charge in [0.25, 0.3) is 5.91 Å². The lowest BCUT2D eigenvalue weighted by molar-refractivity contribution is -0.137. The van der Waals surface area contributed by atoms with E-state index >= 15 is 0 Å². The Balaban J connectivity index is 1.44. The van der Waals surface area contributed by atoms with Crippen molar-refractivity contribution in [1.82, 2.24) is 15.3 Å². The molecule has 2 aromatic heterocycles. The van der Waals surface area contributed by atoms with E-state index in [1.165, 1.54) is 49.1 Å². The Bertz CT molecular complexity index is 1430. The van der Waals surface area contributed by atoms with Crippen molar-refractivity contribution in [3.8, 4) is 0 Å². The number of rotatable bonds is 7. The Morgan fingerprint density at radius 3 is 2.64 bits per heavy atom. The summed E-state index contributed by atoms with van der Waals surface area (Å²) in [6.07, 6.45) is 0.908. The number of nitrogens with zero attached hydrogens (tertiary/aromatic N) is 3. The zero-order chi connectivity index (χ0) is 28.2. The number of halogens is 5. The quantitative estimate of drug-likeness (QED) is 0.333. The van der Waals surface area contributed by atoms with Crippen molar-refractivity contribution in [2.45, 2.75) is 19.1 Å². The molecule has 0 aliphatic carbocycles. The lowest BCUT2D eigenvalue weighted by Crippen LogP contribution is -2.42. The molecule has 0 spiro atoms. The van der Waals surface area contributed by atoms with E-state index in [1.807, 2.05) is 0 Å². The van der Waals surface area contributed by atoms with Crippen LogP contribution in [0.1, 0.15) is 28.0 Å². The van der Waals surface area contributed by atoms with Gasteiger partial charge in [0.2, 0.25) is 5.91 Å². The molecule has 2 amide bonds. The molecule has 0 bridgehead atoms. The normalized spacial score (nSPS) is 17.4. The highest BCUT2D eigenvalue weighted by atomic mass is 35.5. The van der Waals surface area contributed by atoms with Gasteiger partial charge in [0.05, 0.1) is 58.3 Å². The summed E-state index contributed by atoms with van der Waals surface area (Å²) in [6, 6.07) is 6.15. The molecule has 4 rings (SSSR count). The number of aromatic nitrogens is 2. The number of nitrogen functional groups attached to an aromatic ring is 1. The fourth-order valence-electron chi connectivity index (χ4n) is 3.77. The van der Waals surface area contributed by atoms with E-state index in [9.17, 15) is 22.8 Å². The summed E-state index contributed by atoms with van der Waals surface area (Å²) in [5, 5.41) is 5.41. The largest absolute Gasteiger partial charge is 0.418 e. The van der Waals surface area contributed by atoms with Crippen LogP contribution in [0.4, 0.5) is 30.2 Å². The second kappa shape index (κ2) is 11.6. The van der Waals surface area contributed by atoms with Crippen LogP contribution < -0.4 is 16.4 Å². The minimum Gasteiger partial charge on any atom is -0.397 e. The highest BCUT2D eigenvalue weighted by Crippen LogP contribution is 2.38. The number of benzene rings is 1. The molecule has 3 aromatic rings. The maximum absolute atomic E-state index is 13.4.